The van der Waals surface area contributed by atoms with E-state index in [1.54, 1.807) is 0 Å². The highest BCUT2D eigenvalue weighted by Crippen LogP contribution is 2.30. The summed E-state index contributed by atoms with van der Waals surface area (Å²) >= 11 is 0. The maximum atomic E-state index is 5.83. The predicted molar refractivity (Wildman–Crippen MR) is 80.5 cm³/mol. The van der Waals surface area contributed by atoms with Crippen molar-refractivity contribution in [2.75, 3.05) is 39.3 Å². The first kappa shape index (κ1) is 15.3. The second-order valence-corrected chi connectivity index (χ2v) is 6.34. The first-order valence-corrected chi connectivity index (χ1v) is 8.36. The van der Waals surface area contributed by atoms with Gasteiger partial charge in [-0.15, -0.1) is 0 Å². The van der Waals surface area contributed by atoms with Crippen molar-refractivity contribution in [2.24, 2.45) is 11.8 Å². The molecule has 1 aliphatic carbocycles. The Balaban J connectivity index is 1.56. The molecule has 1 N–H and O–H groups in total. The monoisotopic (exact) mass is 268 g/mol. The molecule has 0 bridgehead atoms. The summed E-state index contributed by atoms with van der Waals surface area (Å²) in [6.45, 7) is 11.1. The lowest BCUT2D eigenvalue weighted by Crippen LogP contribution is -2.47. The Bertz CT molecular complexity index is 239. The Hall–Kier alpha value is -0.120. The third-order valence-corrected chi connectivity index (χ3v) is 5.02. The van der Waals surface area contributed by atoms with E-state index in [0.29, 0.717) is 6.10 Å². The number of morpholine rings is 1. The highest BCUT2D eigenvalue weighted by molar-refractivity contribution is 4.76. The molecule has 0 aromatic rings. The van der Waals surface area contributed by atoms with E-state index < -0.39 is 0 Å². The number of nitrogens with one attached hydrogen (secondary N) is 1. The molecular weight excluding hydrogens is 236 g/mol. The molecule has 112 valence electrons. The van der Waals surface area contributed by atoms with Gasteiger partial charge in [0.2, 0.25) is 0 Å². The van der Waals surface area contributed by atoms with Crippen LogP contribution < -0.4 is 5.32 Å². The normalized spacial score (nSPS) is 33.5. The molecule has 0 aromatic heterocycles. The van der Waals surface area contributed by atoms with Crippen LogP contribution in [0.25, 0.3) is 0 Å². The maximum absolute atomic E-state index is 5.83. The minimum atomic E-state index is 0.403. The topological polar surface area (TPSA) is 24.5 Å². The van der Waals surface area contributed by atoms with Crippen molar-refractivity contribution in [1.82, 2.24) is 10.2 Å². The van der Waals surface area contributed by atoms with E-state index in [2.05, 4.69) is 24.1 Å². The standard InChI is InChI=1S/C16H32N2O/c1-3-14-5-7-15(8-6-14)11-17-12-16-13-18(4-2)9-10-19-16/h14-17H,3-13H2,1-2H3. The summed E-state index contributed by atoms with van der Waals surface area (Å²) in [5.41, 5.74) is 0. The zero-order chi connectivity index (χ0) is 13.5. The summed E-state index contributed by atoms with van der Waals surface area (Å²) in [5, 5.41) is 3.65. The van der Waals surface area contributed by atoms with Crippen molar-refractivity contribution in [3.63, 3.8) is 0 Å². The number of nitrogens with zero attached hydrogens (tertiary/aromatic N) is 1. The molecule has 19 heavy (non-hydrogen) atoms. The molecule has 3 heteroatoms. The minimum absolute atomic E-state index is 0.403. The lowest BCUT2D eigenvalue weighted by atomic mass is 9.81. The van der Waals surface area contributed by atoms with Crippen LogP contribution in [0.2, 0.25) is 0 Å². The van der Waals surface area contributed by atoms with Crippen LogP contribution in [0.4, 0.5) is 0 Å². The number of likely N-dealkylation sites (N-methyl/N-ethyl adjacent to an activating group) is 1. The molecule has 1 saturated heterocycles. The van der Waals surface area contributed by atoms with Gasteiger partial charge < -0.3 is 10.1 Å². The van der Waals surface area contributed by atoms with Gasteiger partial charge in [-0.25, -0.2) is 0 Å². The fraction of sp³-hybridized carbons (Fsp3) is 1.00. The lowest BCUT2D eigenvalue weighted by Gasteiger charge is -2.33. The summed E-state index contributed by atoms with van der Waals surface area (Å²) in [6, 6.07) is 0. The Morgan fingerprint density at radius 2 is 1.79 bits per heavy atom. The molecule has 2 rings (SSSR count). The Kier molecular flexibility index (Phi) is 6.62. The van der Waals surface area contributed by atoms with Crippen LogP contribution >= 0.6 is 0 Å². The van der Waals surface area contributed by atoms with E-state index >= 15 is 0 Å². The maximum Gasteiger partial charge on any atom is 0.0826 e. The van der Waals surface area contributed by atoms with Gasteiger partial charge in [0.05, 0.1) is 12.7 Å². The van der Waals surface area contributed by atoms with E-state index in [4.69, 9.17) is 4.74 Å². The van der Waals surface area contributed by atoms with Crippen molar-refractivity contribution >= 4 is 0 Å². The molecule has 0 aromatic carbocycles. The Labute approximate surface area is 119 Å². The number of hydrogen-bond acceptors (Lipinski definition) is 3. The summed E-state index contributed by atoms with van der Waals surface area (Å²) in [6.07, 6.45) is 7.54. The van der Waals surface area contributed by atoms with Crippen LogP contribution in [0.3, 0.4) is 0 Å². The number of rotatable bonds is 6. The van der Waals surface area contributed by atoms with Gasteiger partial charge in [-0.1, -0.05) is 33.1 Å². The fourth-order valence-corrected chi connectivity index (χ4v) is 3.48. The van der Waals surface area contributed by atoms with Gasteiger partial charge >= 0.3 is 0 Å². The van der Waals surface area contributed by atoms with Crippen LogP contribution in [0.5, 0.6) is 0 Å². The average Bonchev–Trinajstić information content (AvgIpc) is 2.48. The Morgan fingerprint density at radius 3 is 2.47 bits per heavy atom. The summed E-state index contributed by atoms with van der Waals surface area (Å²) < 4.78 is 5.83. The fourth-order valence-electron chi connectivity index (χ4n) is 3.48. The second-order valence-electron chi connectivity index (χ2n) is 6.34. The van der Waals surface area contributed by atoms with E-state index in [1.165, 1.54) is 38.6 Å². The van der Waals surface area contributed by atoms with E-state index in [-0.39, 0.29) is 0 Å². The Morgan fingerprint density at radius 1 is 1.05 bits per heavy atom. The van der Waals surface area contributed by atoms with Gasteiger partial charge in [-0.05, 0) is 37.8 Å². The third-order valence-electron chi connectivity index (χ3n) is 5.02. The molecule has 3 nitrogen and oxygen atoms in total. The van der Waals surface area contributed by atoms with Crippen LogP contribution in [0.15, 0.2) is 0 Å². The molecule has 1 saturated carbocycles. The van der Waals surface area contributed by atoms with Gasteiger partial charge in [-0.2, -0.15) is 0 Å². The van der Waals surface area contributed by atoms with Crippen molar-refractivity contribution < 1.29 is 4.74 Å². The molecule has 0 radical (unpaired) electrons. The van der Waals surface area contributed by atoms with E-state index in [0.717, 1.165) is 44.6 Å². The second kappa shape index (κ2) is 8.23. The zero-order valence-electron chi connectivity index (χ0n) is 12.9. The third kappa shape index (κ3) is 5.05. The molecule has 0 spiro atoms. The zero-order valence-corrected chi connectivity index (χ0v) is 12.9. The van der Waals surface area contributed by atoms with Gasteiger partial charge in [-0.3, -0.25) is 4.90 Å². The van der Waals surface area contributed by atoms with E-state index in [9.17, 15) is 0 Å². The van der Waals surface area contributed by atoms with Gasteiger partial charge in [0.25, 0.3) is 0 Å². The van der Waals surface area contributed by atoms with Gasteiger partial charge in [0, 0.05) is 19.6 Å². The number of hydrogen-bond donors (Lipinski definition) is 1. The summed E-state index contributed by atoms with van der Waals surface area (Å²) in [5.74, 6) is 1.92. The quantitative estimate of drug-likeness (QED) is 0.801. The van der Waals surface area contributed by atoms with Gasteiger partial charge in [0.15, 0.2) is 0 Å². The van der Waals surface area contributed by atoms with Crippen molar-refractivity contribution in [3.05, 3.63) is 0 Å². The van der Waals surface area contributed by atoms with Crippen molar-refractivity contribution in [2.45, 2.75) is 52.1 Å². The predicted octanol–water partition coefficient (Wildman–Crippen LogP) is 2.51. The lowest BCUT2D eigenvalue weighted by molar-refractivity contribution is -0.0256. The molecule has 1 unspecified atom stereocenters. The van der Waals surface area contributed by atoms with Crippen LogP contribution in [-0.4, -0.2) is 50.3 Å². The highest BCUT2D eigenvalue weighted by atomic mass is 16.5. The molecule has 2 aliphatic rings. The van der Waals surface area contributed by atoms with Crippen molar-refractivity contribution in [3.8, 4) is 0 Å². The molecule has 0 amide bonds. The van der Waals surface area contributed by atoms with Crippen molar-refractivity contribution in [1.29, 1.82) is 0 Å². The molecule has 1 atom stereocenters. The highest BCUT2D eigenvalue weighted by Gasteiger charge is 2.21. The first-order valence-electron chi connectivity index (χ1n) is 8.36. The first-order chi connectivity index (χ1) is 9.31. The molecule has 2 fully saturated rings. The summed E-state index contributed by atoms with van der Waals surface area (Å²) in [4.78, 5) is 2.49. The number of ether oxygens (including phenoxy) is 1. The van der Waals surface area contributed by atoms with Crippen LogP contribution in [-0.2, 0) is 4.74 Å². The van der Waals surface area contributed by atoms with Crippen LogP contribution in [0, 0.1) is 11.8 Å². The SMILES string of the molecule is CCC1CCC(CNCC2CN(CC)CCO2)CC1. The summed E-state index contributed by atoms with van der Waals surface area (Å²) in [7, 11) is 0. The average molecular weight is 268 g/mol. The minimum Gasteiger partial charge on any atom is -0.374 e. The molecule has 1 aliphatic heterocycles. The van der Waals surface area contributed by atoms with Gasteiger partial charge in [0.1, 0.15) is 0 Å². The van der Waals surface area contributed by atoms with Crippen LogP contribution in [0.1, 0.15) is 46.0 Å². The van der Waals surface area contributed by atoms with E-state index in [1.807, 2.05) is 0 Å². The smallest absolute Gasteiger partial charge is 0.0826 e. The largest absolute Gasteiger partial charge is 0.374 e. The molecule has 1 heterocycles. The molecular formula is C16H32N2O.